The Labute approximate surface area is 214 Å². The van der Waals surface area contributed by atoms with E-state index in [9.17, 15) is 4.79 Å². The number of amides is 1. The molecule has 0 aliphatic rings. The van der Waals surface area contributed by atoms with Crippen LogP contribution in [-0.4, -0.2) is 21.2 Å². The van der Waals surface area contributed by atoms with E-state index in [0.717, 1.165) is 37.1 Å². The van der Waals surface area contributed by atoms with E-state index in [-0.39, 0.29) is 5.91 Å². The Kier molecular flexibility index (Phi) is 7.59. The van der Waals surface area contributed by atoms with Crippen molar-refractivity contribution < 1.29 is 9.53 Å². The molecule has 0 bridgehead atoms. The molecule has 4 aromatic rings. The van der Waals surface area contributed by atoms with Gasteiger partial charge in [-0.25, -0.2) is 10.4 Å². The Morgan fingerprint density at radius 2 is 1.68 bits per heavy atom. The number of aromatic nitrogens is 2. The predicted molar refractivity (Wildman–Crippen MR) is 141 cm³/mol. The maximum atomic E-state index is 12.5. The maximum absolute atomic E-state index is 12.5. The lowest BCUT2D eigenvalue weighted by Gasteiger charge is -2.11. The van der Waals surface area contributed by atoms with Crippen molar-refractivity contribution in [2.75, 3.05) is 0 Å². The van der Waals surface area contributed by atoms with Gasteiger partial charge in [0.1, 0.15) is 12.4 Å². The molecule has 1 amide bonds. The predicted octanol–water partition coefficient (Wildman–Crippen LogP) is 6.44. The first kappa shape index (κ1) is 23.9. The smallest absolute Gasteiger partial charge is 0.271 e. The minimum Gasteiger partial charge on any atom is -0.487 e. The SMILES string of the molecule is CC(=NNC(=O)c1ccc(COc2c(Br)cc(C)cc2Br)cc1)c1ccc(-n2ccnc2)cc1. The summed E-state index contributed by atoms with van der Waals surface area (Å²) >= 11 is 7.07. The van der Waals surface area contributed by atoms with Crippen LogP contribution < -0.4 is 10.2 Å². The summed E-state index contributed by atoms with van der Waals surface area (Å²) in [4.78, 5) is 16.6. The molecular formula is C26H22Br2N4O2. The monoisotopic (exact) mass is 580 g/mol. The molecule has 34 heavy (non-hydrogen) atoms. The highest BCUT2D eigenvalue weighted by Crippen LogP contribution is 2.35. The molecule has 0 saturated carbocycles. The molecular weight excluding hydrogens is 560 g/mol. The summed E-state index contributed by atoms with van der Waals surface area (Å²) in [5.74, 6) is 0.473. The fraction of sp³-hybridized carbons (Fsp3) is 0.115. The number of hydrogen-bond donors (Lipinski definition) is 1. The van der Waals surface area contributed by atoms with E-state index in [2.05, 4.69) is 47.4 Å². The first-order chi connectivity index (χ1) is 16.4. The number of carbonyl (C=O) groups is 1. The number of hydrogen-bond acceptors (Lipinski definition) is 4. The summed E-state index contributed by atoms with van der Waals surface area (Å²) in [6.45, 7) is 4.26. The average molecular weight is 582 g/mol. The zero-order valence-corrected chi connectivity index (χ0v) is 21.8. The Morgan fingerprint density at radius 3 is 2.29 bits per heavy atom. The standard InChI is InChI=1S/C26H22Br2N4O2/c1-17-13-23(27)25(24(28)14-17)34-15-19-3-5-21(6-4-19)26(33)31-30-18(2)20-7-9-22(10-8-20)32-12-11-29-16-32/h3-14,16H,15H2,1-2H3,(H,31,33). The largest absolute Gasteiger partial charge is 0.487 e. The summed E-state index contributed by atoms with van der Waals surface area (Å²) in [6, 6.07) is 19.1. The maximum Gasteiger partial charge on any atom is 0.271 e. The quantitative estimate of drug-likeness (QED) is 0.202. The van der Waals surface area contributed by atoms with E-state index < -0.39 is 0 Å². The molecule has 0 saturated heterocycles. The second-order valence-corrected chi connectivity index (χ2v) is 9.41. The van der Waals surface area contributed by atoms with Gasteiger partial charge in [-0.3, -0.25) is 4.79 Å². The van der Waals surface area contributed by atoms with E-state index in [0.29, 0.717) is 17.9 Å². The Hall–Kier alpha value is -3.23. The summed E-state index contributed by atoms with van der Waals surface area (Å²) in [5, 5.41) is 4.25. The topological polar surface area (TPSA) is 68.5 Å². The van der Waals surface area contributed by atoms with Crippen molar-refractivity contribution in [1.82, 2.24) is 15.0 Å². The van der Waals surface area contributed by atoms with Crippen LogP contribution in [-0.2, 0) is 6.61 Å². The Balaban J connectivity index is 1.35. The molecule has 0 spiro atoms. The van der Waals surface area contributed by atoms with E-state index in [1.807, 2.05) is 73.1 Å². The fourth-order valence-corrected chi connectivity index (χ4v) is 4.93. The highest BCUT2D eigenvalue weighted by atomic mass is 79.9. The molecule has 0 aliphatic carbocycles. The molecule has 1 aromatic heterocycles. The number of nitrogens with one attached hydrogen (secondary N) is 1. The highest BCUT2D eigenvalue weighted by molar-refractivity contribution is 9.11. The number of hydrazone groups is 1. The van der Waals surface area contributed by atoms with Gasteiger partial charge in [0.15, 0.2) is 0 Å². The van der Waals surface area contributed by atoms with Crippen LogP contribution >= 0.6 is 31.9 Å². The molecule has 172 valence electrons. The zero-order chi connectivity index (χ0) is 24.1. The summed E-state index contributed by atoms with van der Waals surface area (Å²) < 4.78 is 9.65. The molecule has 4 rings (SSSR count). The van der Waals surface area contributed by atoms with E-state index in [1.54, 1.807) is 24.7 Å². The van der Waals surface area contributed by atoms with Gasteiger partial charge in [0.25, 0.3) is 5.91 Å². The van der Waals surface area contributed by atoms with Crippen molar-refractivity contribution in [2.24, 2.45) is 5.10 Å². The van der Waals surface area contributed by atoms with Gasteiger partial charge in [-0.05, 0) is 98.8 Å². The number of rotatable bonds is 7. The molecule has 0 radical (unpaired) electrons. The van der Waals surface area contributed by atoms with Crippen molar-refractivity contribution in [3.8, 4) is 11.4 Å². The van der Waals surface area contributed by atoms with Crippen molar-refractivity contribution >= 4 is 43.5 Å². The first-order valence-corrected chi connectivity index (χ1v) is 12.1. The number of aryl methyl sites for hydroxylation is 1. The molecule has 0 aliphatic heterocycles. The second kappa shape index (κ2) is 10.8. The van der Waals surface area contributed by atoms with Gasteiger partial charge in [0.05, 0.1) is 21.0 Å². The summed E-state index contributed by atoms with van der Waals surface area (Å²) in [6.07, 6.45) is 5.36. The molecule has 6 nitrogen and oxygen atoms in total. The lowest BCUT2D eigenvalue weighted by atomic mass is 10.1. The van der Waals surface area contributed by atoms with Gasteiger partial charge in [-0.2, -0.15) is 5.10 Å². The molecule has 0 atom stereocenters. The fourth-order valence-electron chi connectivity index (χ4n) is 3.28. The van der Waals surface area contributed by atoms with Crippen LogP contribution in [0.5, 0.6) is 5.75 Å². The van der Waals surface area contributed by atoms with Crippen LogP contribution in [0.4, 0.5) is 0 Å². The average Bonchev–Trinajstić information content (AvgIpc) is 3.37. The second-order valence-electron chi connectivity index (χ2n) is 7.70. The summed E-state index contributed by atoms with van der Waals surface area (Å²) in [7, 11) is 0. The number of carbonyl (C=O) groups excluding carboxylic acids is 1. The lowest BCUT2D eigenvalue weighted by Crippen LogP contribution is -2.19. The Morgan fingerprint density at radius 1 is 1.03 bits per heavy atom. The molecule has 1 heterocycles. The molecule has 3 aromatic carbocycles. The van der Waals surface area contributed by atoms with Crippen molar-refractivity contribution in [1.29, 1.82) is 0 Å². The third-order valence-electron chi connectivity index (χ3n) is 5.15. The Bertz CT molecular complexity index is 1290. The zero-order valence-electron chi connectivity index (χ0n) is 18.6. The number of imidazole rings is 1. The molecule has 0 unspecified atom stereocenters. The van der Waals surface area contributed by atoms with Crippen LogP contribution in [0.2, 0.25) is 0 Å². The van der Waals surface area contributed by atoms with Crippen LogP contribution in [0.25, 0.3) is 5.69 Å². The van der Waals surface area contributed by atoms with Crippen LogP contribution in [0.15, 0.2) is 93.4 Å². The van der Waals surface area contributed by atoms with Crippen molar-refractivity contribution in [2.45, 2.75) is 20.5 Å². The van der Waals surface area contributed by atoms with Gasteiger partial charge < -0.3 is 9.30 Å². The summed E-state index contributed by atoms with van der Waals surface area (Å²) in [5.41, 5.74) is 7.87. The minimum atomic E-state index is -0.272. The number of benzene rings is 3. The van der Waals surface area contributed by atoms with Gasteiger partial charge in [-0.15, -0.1) is 0 Å². The molecule has 1 N–H and O–H groups in total. The van der Waals surface area contributed by atoms with Crippen LogP contribution in [0, 0.1) is 6.92 Å². The van der Waals surface area contributed by atoms with Crippen molar-refractivity contribution in [3.63, 3.8) is 0 Å². The van der Waals surface area contributed by atoms with Crippen LogP contribution in [0.1, 0.15) is 34.0 Å². The van der Waals surface area contributed by atoms with E-state index in [4.69, 9.17) is 4.74 Å². The number of ether oxygens (including phenoxy) is 1. The van der Waals surface area contributed by atoms with Crippen LogP contribution in [0.3, 0.4) is 0 Å². The van der Waals surface area contributed by atoms with Gasteiger partial charge in [0.2, 0.25) is 0 Å². The minimum absolute atomic E-state index is 0.272. The highest BCUT2D eigenvalue weighted by Gasteiger charge is 2.09. The number of nitrogens with zero attached hydrogens (tertiary/aromatic N) is 3. The molecule has 8 heteroatoms. The van der Waals surface area contributed by atoms with Crippen molar-refractivity contribution in [3.05, 3.63) is 111 Å². The third kappa shape index (κ3) is 5.81. The van der Waals surface area contributed by atoms with E-state index in [1.165, 1.54) is 0 Å². The van der Waals surface area contributed by atoms with Gasteiger partial charge in [-0.1, -0.05) is 24.3 Å². The lowest BCUT2D eigenvalue weighted by molar-refractivity contribution is 0.0955. The van der Waals surface area contributed by atoms with Gasteiger partial charge >= 0.3 is 0 Å². The normalized spacial score (nSPS) is 11.4. The molecule has 0 fully saturated rings. The first-order valence-electron chi connectivity index (χ1n) is 10.5. The van der Waals surface area contributed by atoms with E-state index >= 15 is 0 Å². The van der Waals surface area contributed by atoms with Gasteiger partial charge in [0, 0.05) is 23.6 Å². The number of halogens is 2. The third-order valence-corrected chi connectivity index (χ3v) is 6.33.